The molecule has 1 amide bonds. The topological polar surface area (TPSA) is 45.7 Å². The Morgan fingerprint density at radius 1 is 1.00 bits per heavy atom. The van der Waals surface area contributed by atoms with Gasteiger partial charge in [0.15, 0.2) is 0 Å². The smallest absolute Gasteiger partial charge is 0.253 e. The van der Waals surface area contributed by atoms with Crippen molar-refractivity contribution < 1.29 is 9.53 Å². The molecular formula is C27H31N3O2. The average molecular weight is 430 g/mol. The van der Waals surface area contributed by atoms with E-state index in [0.29, 0.717) is 12.1 Å². The Morgan fingerprint density at radius 2 is 1.72 bits per heavy atom. The van der Waals surface area contributed by atoms with E-state index in [-0.39, 0.29) is 12.0 Å². The Kier molecular flexibility index (Phi) is 7.51. The van der Waals surface area contributed by atoms with E-state index < -0.39 is 0 Å². The summed E-state index contributed by atoms with van der Waals surface area (Å²) in [5, 5.41) is 0. The first-order valence-electron chi connectivity index (χ1n) is 11.4. The van der Waals surface area contributed by atoms with Crippen molar-refractivity contribution in [1.29, 1.82) is 0 Å². The van der Waals surface area contributed by atoms with Crippen molar-refractivity contribution in [2.45, 2.75) is 31.9 Å². The molecule has 0 spiro atoms. The van der Waals surface area contributed by atoms with Crippen molar-refractivity contribution in [1.82, 2.24) is 14.8 Å². The molecule has 1 fully saturated rings. The van der Waals surface area contributed by atoms with E-state index in [0.717, 1.165) is 50.3 Å². The lowest BCUT2D eigenvalue weighted by atomic mass is 10.1. The Balaban J connectivity index is 1.22. The molecule has 1 aromatic heterocycles. The summed E-state index contributed by atoms with van der Waals surface area (Å²) in [5.74, 6) is 0.811. The molecule has 0 saturated carbocycles. The average Bonchev–Trinajstić information content (AvgIpc) is 2.85. The van der Waals surface area contributed by atoms with Crippen LogP contribution in [0, 0.1) is 0 Å². The number of benzene rings is 2. The Morgan fingerprint density at radius 3 is 2.41 bits per heavy atom. The first kappa shape index (κ1) is 22.0. The van der Waals surface area contributed by atoms with Gasteiger partial charge >= 0.3 is 0 Å². The van der Waals surface area contributed by atoms with Gasteiger partial charge in [-0.1, -0.05) is 36.4 Å². The van der Waals surface area contributed by atoms with Crippen LogP contribution in [0.3, 0.4) is 0 Å². The van der Waals surface area contributed by atoms with E-state index in [1.807, 2.05) is 42.5 Å². The molecule has 32 heavy (non-hydrogen) atoms. The fourth-order valence-corrected chi connectivity index (χ4v) is 4.08. The zero-order valence-electron chi connectivity index (χ0n) is 18.7. The molecule has 1 aliphatic rings. The van der Waals surface area contributed by atoms with Crippen LogP contribution in [0.2, 0.25) is 0 Å². The molecule has 0 N–H and O–H groups in total. The summed E-state index contributed by atoms with van der Waals surface area (Å²) in [6.45, 7) is 3.71. The zero-order chi connectivity index (χ0) is 22.2. The number of hydrogen-bond acceptors (Lipinski definition) is 4. The molecule has 0 bridgehead atoms. The predicted molar refractivity (Wildman–Crippen MR) is 127 cm³/mol. The second-order valence-electron chi connectivity index (χ2n) is 8.40. The third-order valence-corrected chi connectivity index (χ3v) is 5.97. The predicted octanol–water partition coefficient (Wildman–Crippen LogP) is 4.44. The fourth-order valence-electron chi connectivity index (χ4n) is 4.08. The van der Waals surface area contributed by atoms with E-state index in [2.05, 4.69) is 40.2 Å². The molecule has 1 saturated heterocycles. The maximum Gasteiger partial charge on any atom is 0.253 e. The minimum atomic E-state index is -0.0195. The van der Waals surface area contributed by atoms with E-state index >= 15 is 0 Å². The second-order valence-corrected chi connectivity index (χ2v) is 8.40. The van der Waals surface area contributed by atoms with Gasteiger partial charge in [0.25, 0.3) is 5.91 Å². The van der Waals surface area contributed by atoms with Crippen LogP contribution in [0.25, 0.3) is 0 Å². The minimum Gasteiger partial charge on any atom is -0.490 e. The van der Waals surface area contributed by atoms with Crippen LogP contribution in [-0.4, -0.2) is 53.5 Å². The SMILES string of the molecule is CN(Cc1ccccn1)C(=O)c1ccc(OC2CCN(CCc3ccccc3)CC2)cc1. The number of nitrogens with zero attached hydrogens (tertiary/aromatic N) is 3. The summed E-state index contributed by atoms with van der Waals surface area (Å²) in [6, 6.07) is 23.9. The number of pyridine rings is 1. The molecule has 0 atom stereocenters. The molecule has 3 aromatic rings. The summed E-state index contributed by atoms with van der Waals surface area (Å²) in [6.07, 6.45) is 5.13. The van der Waals surface area contributed by atoms with Crippen LogP contribution in [0.4, 0.5) is 0 Å². The summed E-state index contributed by atoms with van der Waals surface area (Å²) >= 11 is 0. The maximum atomic E-state index is 12.7. The first-order valence-corrected chi connectivity index (χ1v) is 11.4. The van der Waals surface area contributed by atoms with Gasteiger partial charge < -0.3 is 14.5 Å². The first-order chi connectivity index (χ1) is 15.7. The van der Waals surface area contributed by atoms with Crippen LogP contribution < -0.4 is 4.74 Å². The van der Waals surface area contributed by atoms with Crippen molar-refractivity contribution in [2.75, 3.05) is 26.7 Å². The molecule has 5 nitrogen and oxygen atoms in total. The lowest BCUT2D eigenvalue weighted by Gasteiger charge is -2.32. The number of piperidine rings is 1. The number of likely N-dealkylation sites (tertiary alicyclic amines) is 1. The van der Waals surface area contributed by atoms with Crippen LogP contribution >= 0.6 is 0 Å². The minimum absolute atomic E-state index is 0.0195. The number of hydrogen-bond donors (Lipinski definition) is 0. The lowest BCUT2D eigenvalue weighted by molar-refractivity contribution is 0.0783. The molecule has 2 aromatic carbocycles. The third-order valence-electron chi connectivity index (χ3n) is 5.97. The van der Waals surface area contributed by atoms with E-state index in [4.69, 9.17) is 4.74 Å². The Labute approximate surface area is 190 Å². The van der Waals surface area contributed by atoms with E-state index in [1.165, 1.54) is 5.56 Å². The van der Waals surface area contributed by atoms with E-state index in [9.17, 15) is 4.79 Å². The molecule has 166 valence electrons. The molecular weight excluding hydrogens is 398 g/mol. The zero-order valence-corrected chi connectivity index (χ0v) is 18.7. The van der Waals surface area contributed by atoms with Crippen LogP contribution in [0.1, 0.15) is 34.5 Å². The highest BCUT2D eigenvalue weighted by Crippen LogP contribution is 2.20. The summed E-state index contributed by atoms with van der Waals surface area (Å²) in [7, 11) is 1.80. The van der Waals surface area contributed by atoms with Crippen molar-refractivity contribution in [3.8, 4) is 5.75 Å². The van der Waals surface area contributed by atoms with Gasteiger partial charge in [0.2, 0.25) is 0 Å². The monoisotopic (exact) mass is 429 g/mol. The largest absolute Gasteiger partial charge is 0.490 e. The van der Waals surface area contributed by atoms with Gasteiger partial charge in [0, 0.05) is 38.4 Å². The van der Waals surface area contributed by atoms with Crippen molar-refractivity contribution in [3.63, 3.8) is 0 Å². The molecule has 5 heteroatoms. The van der Waals surface area contributed by atoms with Gasteiger partial charge in [-0.05, 0) is 61.2 Å². The number of rotatable bonds is 8. The number of carbonyl (C=O) groups excluding carboxylic acids is 1. The van der Waals surface area contributed by atoms with Gasteiger partial charge in [-0.3, -0.25) is 9.78 Å². The van der Waals surface area contributed by atoms with Crippen LogP contribution in [-0.2, 0) is 13.0 Å². The Bertz CT molecular complexity index is 969. The molecule has 1 aliphatic heterocycles. The van der Waals surface area contributed by atoms with Crippen molar-refractivity contribution >= 4 is 5.91 Å². The number of amides is 1. The second kappa shape index (κ2) is 10.9. The normalized spacial score (nSPS) is 14.8. The van der Waals surface area contributed by atoms with Gasteiger partial charge in [-0.15, -0.1) is 0 Å². The highest BCUT2D eigenvalue weighted by Gasteiger charge is 2.20. The standard InChI is InChI=1S/C27H31N3O2/c1-29(21-24-9-5-6-17-28-24)27(31)23-10-12-25(13-11-23)32-26-15-19-30(20-16-26)18-14-22-7-3-2-4-8-22/h2-13,17,26H,14-16,18-21H2,1H3. The van der Waals surface area contributed by atoms with Crippen LogP contribution in [0.5, 0.6) is 5.75 Å². The summed E-state index contributed by atoms with van der Waals surface area (Å²) in [4.78, 5) is 21.2. The molecule has 0 unspecified atom stereocenters. The number of ether oxygens (including phenoxy) is 1. The lowest BCUT2D eigenvalue weighted by Crippen LogP contribution is -2.39. The quantitative estimate of drug-likeness (QED) is 0.531. The van der Waals surface area contributed by atoms with Gasteiger partial charge in [-0.25, -0.2) is 0 Å². The fraction of sp³-hybridized carbons (Fsp3) is 0.333. The molecule has 2 heterocycles. The maximum absolute atomic E-state index is 12.7. The number of aromatic nitrogens is 1. The molecule has 4 rings (SSSR count). The van der Waals surface area contributed by atoms with Gasteiger partial charge in [-0.2, -0.15) is 0 Å². The van der Waals surface area contributed by atoms with Crippen molar-refractivity contribution in [3.05, 3.63) is 95.8 Å². The highest BCUT2D eigenvalue weighted by atomic mass is 16.5. The van der Waals surface area contributed by atoms with Crippen molar-refractivity contribution in [2.24, 2.45) is 0 Å². The highest BCUT2D eigenvalue weighted by molar-refractivity contribution is 5.94. The van der Waals surface area contributed by atoms with Gasteiger partial charge in [0.1, 0.15) is 11.9 Å². The molecule has 0 radical (unpaired) electrons. The number of carbonyl (C=O) groups is 1. The summed E-state index contributed by atoms with van der Waals surface area (Å²) < 4.78 is 6.20. The Hall–Kier alpha value is -3.18. The van der Waals surface area contributed by atoms with Gasteiger partial charge in [0.05, 0.1) is 12.2 Å². The third kappa shape index (κ3) is 6.17. The molecule has 0 aliphatic carbocycles. The van der Waals surface area contributed by atoms with Crippen LogP contribution in [0.15, 0.2) is 79.0 Å². The summed E-state index contributed by atoms with van der Waals surface area (Å²) in [5.41, 5.74) is 2.93. The van der Waals surface area contributed by atoms with E-state index in [1.54, 1.807) is 18.1 Å².